The van der Waals surface area contributed by atoms with Crippen LogP contribution in [0.2, 0.25) is 0 Å². The van der Waals surface area contributed by atoms with E-state index in [1.165, 1.54) is 44.9 Å². The number of primary sulfonamides is 1. The van der Waals surface area contributed by atoms with E-state index >= 15 is 0 Å². The summed E-state index contributed by atoms with van der Waals surface area (Å²) in [7, 11) is -3.23. The zero-order chi connectivity index (χ0) is 38.5. The first-order valence-corrected chi connectivity index (χ1v) is 21.3. The van der Waals surface area contributed by atoms with E-state index in [0.29, 0.717) is 52.3 Å². The van der Waals surface area contributed by atoms with Crippen molar-refractivity contribution in [3.8, 4) is 45.6 Å². The molecule has 4 aromatic carbocycles. The molecule has 9 rings (SSSR count). The average molecular weight is 764 g/mol. The third-order valence-electron chi connectivity index (χ3n) is 10.2. The molecular weight excluding hydrogens is 719 g/mol. The standard InChI is InChI=1S/C32H18N8.C12H27NO2S/c1-2-10-18-17(9-1)25-33-26(18)38-28-21-13-5-6-14-22(21)30(35-28)40-32-24-16-8-7-15-23(24)31(36-32)39-29-20-12-4-3-11-19(20)27(34-29)37-25;1-2-3-4-5-6-7-8-9-10-11-12-16(13,14)15/h1-16H,(H2,33,34,35,36,37,38,39,40);2-12H2,1H3,(H2,13,14,15). The van der Waals surface area contributed by atoms with E-state index in [1.807, 2.05) is 97.1 Å². The highest BCUT2D eigenvalue weighted by atomic mass is 32.2. The van der Waals surface area contributed by atoms with Crippen molar-refractivity contribution in [1.82, 2.24) is 39.9 Å². The molecule has 0 atom stereocenters. The zero-order valence-corrected chi connectivity index (χ0v) is 32.3. The van der Waals surface area contributed by atoms with Gasteiger partial charge in [-0.2, -0.15) is 0 Å². The minimum Gasteiger partial charge on any atom is -0.324 e. The van der Waals surface area contributed by atoms with Gasteiger partial charge in [0, 0.05) is 43.8 Å². The Bertz CT molecular complexity index is 2490. The van der Waals surface area contributed by atoms with Gasteiger partial charge < -0.3 is 9.97 Å². The first kappa shape index (κ1) is 37.1. The minimum atomic E-state index is -3.23. The SMILES string of the molecule is CCCCCCCCCCCCS(N)(=O)=O.c1ccc2c(c1)-c1nc-2nc2[nH]c(nc3nc(nc4[nH]c(n1)c1ccccc41)-c1ccccc1-3)c1ccccc21. The number of unbranched alkanes of at least 4 members (excludes halogenated alkanes) is 9. The van der Waals surface area contributed by atoms with Gasteiger partial charge in [-0.15, -0.1) is 0 Å². The summed E-state index contributed by atoms with van der Waals surface area (Å²) in [4.78, 5) is 36.8. The number of aromatic nitrogens is 8. The van der Waals surface area contributed by atoms with E-state index in [-0.39, 0.29) is 5.75 Å². The van der Waals surface area contributed by atoms with Gasteiger partial charge in [-0.1, -0.05) is 162 Å². The van der Waals surface area contributed by atoms with Crippen LogP contribution in [0.15, 0.2) is 97.1 Å². The molecule has 2 aliphatic rings. The number of rotatable bonds is 11. The number of H-pyrrole nitrogens is 2. The minimum absolute atomic E-state index is 0.142. The summed E-state index contributed by atoms with van der Waals surface area (Å²) in [6, 6.07) is 32.2. The lowest BCUT2D eigenvalue weighted by Crippen LogP contribution is -2.16. The van der Waals surface area contributed by atoms with Crippen molar-refractivity contribution >= 4 is 54.2 Å². The summed E-state index contributed by atoms with van der Waals surface area (Å²) >= 11 is 0. The van der Waals surface area contributed by atoms with Crippen LogP contribution in [0, 0.1) is 0 Å². The van der Waals surface area contributed by atoms with Crippen LogP contribution in [-0.2, 0) is 10.0 Å². The van der Waals surface area contributed by atoms with E-state index in [0.717, 1.165) is 56.6 Å². The highest BCUT2D eigenvalue weighted by Gasteiger charge is 2.21. The third-order valence-corrected chi connectivity index (χ3v) is 11.1. The van der Waals surface area contributed by atoms with Crippen LogP contribution >= 0.6 is 0 Å². The molecule has 0 aliphatic carbocycles. The molecule has 0 amide bonds. The van der Waals surface area contributed by atoms with Crippen molar-refractivity contribution in [2.24, 2.45) is 5.14 Å². The molecule has 0 saturated carbocycles. The molecule has 2 aliphatic heterocycles. The zero-order valence-electron chi connectivity index (χ0n) is 31.5. The van der Waals surface area contributed by atoms with E-state index in [9.17, 15) is 8.42 Å². The predicted octanol–water partition coefficient (Wildman–Crippen LogP) is 10.1. The van der Waals surface area contributed by atoms with Gasteiger partial charge in [0.1, 0.15) is 22.6 Å². The maximum Gasteiger partial charge on any atom is 0.209 e. The summed E-state index contributed by atoms with van der Waals surface area (Å²) in [6.07, 6.45) is 12.1. The average Bonchev–Trinajstić information content (AvgIpc) is 3.94. The maximum absolute atomic E-state index is 10.6. The molecule has 12 heteroatoms. The van der Waals surface area contributed by atoms with Crippen LogP contribution in [0.4, 0.5) is 0 Å². The number of hydrogen-bond donors (Lipinski definition) is 3. The van der Waals surface area contributed by atoms with Crippen LogP contribution in [0.1, 0.15) is 71.1 Å². The lowest BCUT2D eigenvalue weighted by Gasteiger charge is -2.01. The first-order valence-electron chi connectivity index (χ1n) is 19.6. The number of nitrogens with one attached hydrogen (secondary N) is 2. The quantitative estimate of drug-likeness (QED) is 0.109. The van der Waals surface area contributed by atoms with Crippen molar-refractivity contribution in [1.29, 1.82) is 0 Å². The van der Waals surface area contributed by atoms with Crippen LogP contribution in [0.25, 0.3) is 89.7 Å². The van der Waals surface area contributed by atoms with Crippen molar-refractivity contribution < 1.29 is 8.42 Å². The molecule has 0 fully saturated rings. The maximum atomic E-state index is 10.6. The number of aromatic amines is 2. The first-order chi connectivity index (χ1) is 27.4. The van der Waals surface area contributed by atoms with Crippen LogP contribution in [0.3, 0.4) is 0 Å². The predicted molar refractivity (Wildman–Crippen MR) is 226 cm³/mol. The van der Waals surface area contributed by atoms with Gasteiger partial charge in [0.25, 0.3) is 0 Å². The fraction of sp³-hybridized carbons (Fsp3) is 0.273. The van der Waals surface area contributed by atoms with E-state index in [4.69, 9.17) is 35.0 Å². The Morgan fingerprint density at radius 3 is 1.02 bits per heavy atom. The summed E-state index contributed by atoms with van der Waals surface area (Å²) in [5.74, 6) is 2.53. The van der Waals surface area contributed by atoms with Crippen LogP contribution < -0.4 is 5.14 Å². The topological polar surface area (TPSA) is 169 Å². The van der Waals surface area contributed by atoms with Gasteiger partial charge in [-0.25, -0.2) is 43.5 Å². The Hall–Kier alpha value is -5.85. The number of nitrogens with zero attached hydrogens (tertiary/aromatic N) is 6. The molecule has 0 radical (unpaired) electrons. The number of nitrogens with two attached hydrogens (primary N) is 1. The van der Waals surface area contributed by atoms with Gasteiger partial charge in [0.15, 0.2) is 23.3 Å². The normalized spacial score (nSPS) is 12.0. The molecule has 5 heterocycles. The van der Waals surface area contributed by atoms with E-state index in [2.05, 4.69) is 16.9 Å². The second-order valence-corrected chi connectivity index (χ2v) is 16.1. The molecule has 3 aromatic heterocycles. The lowest BCUT2D eigenvalue weighted by atomic mass is 10.1. The van der Waals surface area contributed by atoms with Crippen LogP contribution in [-0.4, -0.2) is 54.0 Å². The number of benzene rings is 4. The number of fused-ring (bicyclic) bond motifs is 20. The Kier molecular flexibility index (Phi) is 10.9. The smallest absolute Gasteiger partial charge is 0.209 e. The molecule has 4 N–H and O–H groups in total. The molecule has 0 spiro atoms. The molecular formula is C44H45N9O2S. The largest absolute Gasteiger partial charge is 0.324 e. The van der Waals surface area contributed by atoms with Crippen LogP contribution in [0.5, 0.6) is 0 Å². The Morgan fingerprint density at radius 2 is 0.714 bits per heavy atom. The number of sulfonamides is 1. The summed E-state index contributed by atoms with van der Waals surface area (Å²) in [5, 5.41) is 8.74. The molecule has 11 nitrogen and oxygen atoms in total. The fourth-order valence-electron chi connectivity index (χ4n) is 7.38. The van der Waals surface area contributed by atoms with Crippen molar-refractivity contribution in [3.05, 3.63) is 97.1 Å². The second kappa shape index (κ2) is 16.5. The van der Waals surface area contributed by atoms with Crippen molar-refractivity contribution in [2.45, 2.75) is 71.1 Å². The van der Waals surface area contributed by atoms with Gasteiger partial charge in [0.2, 0.25) is 10.0 Å². The van der Waals surface area contributed by atoms with Gasteiger partial charge in [0.05, 0.1) is 5.75 Å². The lowest BCUT2D eigenvalue weighted by molar-refractivity contribution is 0.558. The third kappa shape index (κ3) is 8.07. The Morgan fingerprint density at radius 1 is 0.429 bits per heavy atom. The summed E-state index contributed by atoms with van der Waals surface area (Å²) in [5.41, 5.74) is 6.45. The summed E-state index contributed by atoms with van der Waals surface area (Å²) < 4.78 is 21.3. The monoisotopic (exact) mass is 763 g/mol. The number of hydrogen-bond acceptors (Lipinski definition) is 8. The van der Waals surface area contributed by atoms with E-state index < -0.39 is 10.0 Å². The molecule has 56 heavy (non-hydrogen) atoms. The van der Waals surface area contributed by atoms with Crippen molar-refractivity contribution in [2.75, 3.05) is 5.75 Å². The molecule has 0 saturated heterocycles. The molecule has 7 aromatic rings. The molecule has 284 valence electrons. The second-order valence-electron chi connectivity index (χ2n) is 14.3. The Balaban J connectivity index is 0.000000236. The molecule has 8 bridgehead atoms. The summed E-state index contributed by atoms with van der Waals surface area (Å²) in [6.45, 7) is 2.23. The molecule has 0 unspecified atom stereocenters. The highest BCUT2D eigenvalue weighted by Crippen LogP contribution is 2.36. The van der Waals surface area contributed by atoms with Gasteiger partial charge in [-0.3, -0.25) is 0 Å². The van der Waals surface area contributed by atoms with Crippen molar-refractivity contribution in [3.63, 3.8) is 0 Å². The van der Waals surface area contributed by atoms with Gasteiger partial charge in [-0.05, 0) is 6.42 Å². The highest BCUT2D eigenvalue weighted by molar-refractivity contribution is 7.89. The Labute approximate surface area is 326 Å². The fourth-order valence-corrected chi connectivity index (χ4v) is 7.99. The van der Waals surface area contributed by atoms with Gasteiger partial charge >= 0.3 is 0 Å². The van der Waals surface area contributed by atoms with E-state index in [1.54, 1.807) is 0 Å².